The molecule has 26 heavy (non-hydrogen) atoms. The highest BCUT2D eigenvalue weighted by molar-refractivity contribution is 7.13. The molecule has 0 radical (unpaired) electrons. The molecular formula is C20H22N2O3S. The lowest BCUT2D eigenvalue weighted by molar-refractivity contribution is 0.0429. The number of para-hydroxylation sites is 1. The monoisotopic (exact) mass is 370 g/mol. The summed E-state index contributed by atoms with van der Waals surface area (Å²) < 4.78 is 6.21. The number of hydrogen-bond donors (Lipinski definition) is 0. The van der Waals surface area contributed by atoms with Crippen molar-refractivity contribution in [3.05, 3.63) is 45.4 Å². The van der Waals surface area contributed by atoms with Crippen molar-refractivity contribution in [2.45, 2.75) is 45.1 Å². The molecule has 1 fully saturated rings. The van der Waals surface area contributed by atoms with Crippen LogP contribution in [0.25, 0.3) is 0 Å². The van der Waals surface area contributed by atoms with Gasteiger partial charge in [0.1, 0.15) is 16.2 Å². The molecule has 3 heterocycles. The minimum Gasteiger partial charge on any atom is -0.484 e. The van der Waals surface area contributed by atoms with Gasteiger partial charge in [-0.05, 0) is 19.1 Å². The number of aromatic nitrogens is 1. The van der Waals surface area contributed by atoms with Crippen LogP contribution in [-0.2, 0) is 0 Å². The van der Waals surface area contributed by atoms with Crippen LogP contribution in [0.1, 0.15) is 63.3 Å². The predicted octanol–water partition coefficient (Wildman–Crippen LogP) is 3.83. The highest BCUT2D eigenvalue weighted by Gasteiger charge is 2.47. The second kappa shape index (κ2) is 6.20. The Kier molecular flexibility index (Phi) is 4.10. The van der Waals surface area contributed by atoms with Gasteiger partial charge in [0.2, 0.25) is 0 Å². The van der Waals surface area contributed by atoms with E-state index in [4.69, 9.17) is 4.74 Å². The van der Waals surface area contributed by atoms with Crippen LogP contribution in [0, 0.1) is 6.92 Å². The number of carbonyl (C=O) groups is 2. The van der Waals surface area contributed by atoms with Gasteiger partial charge in [0.05, 0.1) is 29.2 Å². The van der Waals surface area contributed by atoms with Crippen LogP contribution < -0.4 is 4.74 Å². The Morgan fingerprint density at radius 2 is 2.12 bits per heavy atom. The van der Waals surface area contributed by atoms with Crippen LogP contribution in [0.2, 0.25) is 0 Å². The zero-order valence-electron chi connectivity index (χ0n) is 15.2. The summed E-state index contributed by atoms with van der Waals surface area (Å²) in [5, 5.41) is 0.984. The van der Waals surface area contributed by atoms with Crippen molar-refractivity contribution in [1.29, 1.82) is 0 Å². The van der Waals surface area contributed by atoms with E-state index in [1.54, 1.807) is 6.07 Å². The van der Waals surface area contributed by atoms with Crippen molar-refractivity contribution in [1.82, 2.24) is 9.88 Å². The van der Waals surface area contributed by atoms with E-state index in [2.05, 4.69) is 18.8 Å². The molecule has 1 aromatic carbocycles. The Labute approximate surface area is 157 Å². The number of ketones is 1. The summed E-state index contributed by atoms with van der Waals surface area (Å²) in [5.74, 6) is 1.03. The van der Waals surface area contributed by atoms with Gasteiger partial charge >= 0.3 is 0 Å². The van der Waals surface area contributed by atoms with Gasteiger partial charge in [0, 0.05) is 18.9 Å². The Balaban J connectivity index is 1.56. The number of ether oxygens (including phenoxy) is 1. The lowest BCUT2D eigenvalue weighted by Crippen LogP contribution is -2.45. The number of carbonyl (C=O) groups excluding carboxylic acids is 2. The van der Waals surface area contributed by atoms with E-state index >= 15 is 0 Å². The number of aryl methyl sites for hydroxylation is 1. The third kappa shape index (κ3) is 2.82. The van der Waals surface area contributed by atoms with E-state index in [0.717, 1.165) is 10.7 Å². The van der Waals surface area contributed by atoms with Gasteiger partial charge in [-0.15, -0.1) is 11.3 Å². The van der Waals surface area contributed by atoms with Gasteiger partial charge < -0.3 is 9.64 Å². The van der Waals surface area contributed by atoms with E-state index in [9.17, 15) is 9.59 Å². The Bertz CT molecular complexity index is 889. The molecule has 0 bridgehead atoms. The first-order chi connectivity index (χ1) is 12.4. The number of thiazole rings is 1. The summed E-state index contributed by atoms with van der Waals surface area (Å²) in [4.78, 5) is 32.6. The number of nitrogens with zero attached hydrogens (tertiary/aromatic N) is 2. The van der Waals surface area contributed by atoms with Gasteiger partial charge in [-0.2, -0.15) is 0 Å². The summed E-state index contributed by atoms with van der Waals surface area (Å²) in [5.41, 5.74) is 0.832. The van der Waals surface area contributed by atoms with Crippen LogP contribution in [0.3, 0.4) is 0 Å². The summed E-state index contributed by atoms with van der Waals surface area (Å²) in [6.45, 7) is 7.09. The average molecular weight is 370 g/mol. The minimum absolute atomic E-state index is 0.00122. The first kappa shape index (κ1) is 17.2. The molecule has 1 amide bonds. The Morgan fingerprint density at radius 1 is 1.35 bits per heavy atom. The van der Waals surface area contributed by atoms with Gasteiger partial charge in [0.15, 0.2) is 5.78 Å². The van der Waals surface area contributed by atoms with Crippen LogP contribution >= 0.6 is 11.3 Å². The molecule has 1 saturated heterocycles. The number of rotatable bonds is 2. The maximum absolute atomic E-state index is 13.0. The molecule has 1 atom stereocenters. The number of amides is 1. The molecule has 0 N–H and O–H groups in total. The lowest BCUT2D eigenvalue weighted by Gasteiger charge is -2.34. The van der Waals surface area contributed by atoms with Crippen molar-refractivity contribution in [3.8, 4) is 5.75 Å². The van der Waals surface area contributed by atoms with Gasteiger partial charge in [-0.3, -0.25) is 9.59 Å². The molecule has 5 nitrogen and oxygen atoms in total. The molecule has 2 aliphatic rings. The van der Waals surface area contributed by atoms with Gasteiger partial charge in [0.25, 0.3) is 5.91 Å². The number of Topliss-reactive ketones (excluding diaryl/α,β-unsaturated/α-hetero) is 1. The van der Waals surface area contributed by atoms with E-state index in [-0.39, 0.29) is 11.7 Å². The minimum atomic E-state index is -0.597. The van der Waals surface area contributed by atoms with Crippen LogP contribution in [0.5, 0.6) is 5.75 Å². The molecule has 2 aliphatic heterocycles. The fourth-order valence-corrected chi connectivity index (χ4v) is 4.73. The topological polar surface area (TPSA) is 59.5 Å². The molecule has 1 spiro atoms. The van der Waals surface area contributed by atoms with Gasteiger partial charge in [-0.25, -0.2) is 4.98 Å². The number of benzene rings is 1. The molecule has 2 aromatic rings. The molecule has 0 saturated carbocycles. The second-order valence-electron chi connectivity index (χ2n) is 7.48. The largest absolute Gasteiger partial charge is 0.484 e. The molecule has 1 aromatic heterocycles. The summed E-state index contributed by atoms with van der Waals surface area (Å²) >= 11 is 1.48. The van der Waals surface area contributed by atoms with Crippen LogP contribution in [0.4, 0.5) is 0 Å². The zero-order valence-corrected chi connectivity index (χ0v) is 16.1. The van der Waals surface area contributed by atoms with Crippen molar-refractivity contribution in [2.75, 3.05) is 13.1 Å². The fraction of sp³-hybridized carbons (Fsp3) is 0.450. The van der Waals surface area contributed by atoms with Crippen molar-refractivity contribution in [2.24, 2.45) is 0 Å². The van der Waals surface area contributed by atoms with E-state index in [0.29, 0.717) is 48.0 Å². The first-order valence-corrected chi connectivity index (χ1v) is 9.78. The highest BCUT2D eigenvalue weighted by atomic mass is 32.1. The zero-order chi connectivity index (χ0) is 18.5. The van der Waals surface area contributed by atoms with Crippen molar-refractivity contribution < 1.29 is 14.3 Å². The molecule has 6 heteroatoms. The van der Waals surface area contributed by atoms with Crippen LogP contribution in [-0.4, -0.2) is 40.3 Å². The Hall–Kier alpha value is -2.21. The standard InChI is InChI=1S/C20H22N2O3S/c1-12(2)18-21-13(3)17(26-18)19(24)22-9-8-20(11-22)10-15(23)14-6-4-5-7-16(14)25-20/h4-7,12H,8-11H2,1-3H3/t20-/m1/s1. The summed E-state index contributed by atoms with van der Waals surface area (Å²) in [6.07, 6.45) is 1.00. The van der Waals surface area contributed by atoms with Crippen LogP contribution in [0.15, 0.2) is 24.3 Å². The molecule has 0 unspecified atom stereocenters. The SMILES string of the molecule is Cc1nc(C(C)C)sc1C(=O)N1CC[C@@]2(CC(=O)c3ccccc3O2)C1. The maximum atomic E-state index is 13.0. The third-order valence-electron chi connectivity index (χ3n) is 5.10. The summed E-state index contributed by atoms with van der Waals surface area (Å²) in [7, 11) is 0. The van der Waals surface area contributed by atoms with E-state index < -0.39 is 5.60 Å². The molecular weight excluding hydrogens is 348 g/mol. The van der Waals surface area contributed by atoms with E-state index in [1.165, 1.54) is 11.3 Å². The number of likely N-dealkylation sites (tertiary alicyclic amines) is 1. The third-order valence-corrected chi connectivity index (χ3v) is 6.55. The van der Waals surface area contributed by atoms with E-state index in [1.807, 2.05) is 30.0 Å². The smallest absolute Gasteiger partial charge is 0.265 e. The molecule has 4 rings (SSSR count). The molecule has 0 aliphatic carbocycles. The second-order valence-corrected chi connectivity index (χ2v) is 8.51. The fourth-order valence-electron chi connectivity index (χ4n) is 3.70. The van der Waals surface area contributed by atoms with Crippen molar-refractivity contribution in [3.63, 3.8) is 0 Å². The van der Waals surface area contributed by atoms with Crippen molar-refractivity contribution >= 4 is 23.0 Å². The average Bonchev–Trinajstić information content (AvgIpc) is 3.18. The number of fused-ring (bicyclic) bond motifs is 1. The predicted molar refractivity (Wildman–Crippen MR) is 100 cm³/mol. The number of hydrogen-bond acceptors (Lipinski definition) is 5. The lowest BCUT2D eigenvalue weighted by atomic mass is 9.89. The first-order valence-electron chi connectivity index (χ1n) is 8.96. The quantitative estimate of drug-likeness (QED) is 0.806. The van der Waals surface area contributed by atoms with Gasteiger partial charge in [-0.1, -0.05) is 26.0 Å². The Morgan fingerprint density at radius 3 is 2.85 bits per heavy atom. The highest BCUT2D eigenvalue weighted by Crippen LogP contribution is 2.39. The molecule has 136 valence electrons. The normalized spacial score (nSPS) is 22.0. The summed E-state index contributed by atoms with van der Waals surface area (Å²) in [6, 6.07) is 7.36. The maximum Gasteiger partial charge on any atom is 0.265 e.